The molecule has 0 bridgehead atoms. The Bertz CT molecular complexity index is 275. The molecule has 1 atom stereocenters. The first-order chi connectivity index (χ1) is 7.58. The zero-order valence-electron chi connectivity index (χ0n) is 14.4. The molecule has 0 rings (SSSR count). The molecule has 0 aromatic heterocycles. The Hall–Kier alpha value is 0.571. The second kappa shape index (κ2) is 5.52. The predicted octanol–water partition coefficient (Wildman–Crippen LogP) is 4.64. The summed E-state index contributed by atoms with van der Waals surface area (Å²) in [5, 5.41) is -0.120. The van der Waals surface area contributed by atoms with Gasteiger partial charge < -0.3 is 8.85 Å². The number of hydrogen-bond donors (Lipinski definition) is 0. The molecule has 0 radical (unpaired) electrons. The Morgan fingerprint density at radius 1 is 0.833 bits per heavy atom. The summed E-state index contributed by atoms with van der Waals surface area (Å²) in [7, 11) is -4.64. The number of hydrogen-bond acceptors (Lipinski definition) is 2. The largest absolute Gasteiger partial charge is 0.415 e. The van der Waals surface area contributed by atoms with Gasteiger partial charge in [0.15, 0.2) is 8.32 Å². The van der Waals surface area contributed by atoms with Gasteiger partial charge >= 0.3 is 0 Å². The molecule has 18 heavy (non-hydrogen) atoms. The fraction of sp³-hybridized carbons (Fsp3) is 1.00. The molecule has 110 valence electrons. The monoisotopic (exact) mass is 306 g/mol. The number of rotatable bonds is 6. The molecule has 2 nitrogen and oxygen atoms in total. The van der Waals surface area contributed by atoms with E-state index in [0.29, 0.717) is 5.73 Å². The fourth-order valence-electron chi connectivity index (χ4n) is 1.65. The van der Waals surface area contributed by atoms with Crippen LogP contribution in [0.25, 0.3) is 0 Å². The lowest BCUT2D eigenvalue weighted by Crippen LogP contribution is -2.61. The van der Waals surface area contributed by atoms with Crippen molar-refractivity contribution in [1.29, 1.82) is 0 Å². The molecular formula is C13H34O2Si3. The smallest absolute Gasteiger partial charge is 0.216 e. The lowest BCUT2D eigenvalue weighted by atomic mass is 10.5. The molecule has 0 aliphatic carbocycles. The molecule has 0 aliphatic heterocycles. The van der Waals surface area contributed by atoms with Gasteiger partial charge in [0.05, 0.1) is 13.3 Å². The van der Waals surface area contributed by atoms with Crippen LogP contribution in [0.15, 0.2) is 0 Å². The standard InChI is InChI=1S/C13H34O2Si3/c1-12(16(4,5)6)14-18(10,11)13(2,3)15-17(7,8)9/h12H,1-11H3. The van der Waals surface area contributed by atoms with Crippen LogP contribution in [0, 0.1) is 0 Å². The average Bonchev–Trinajstić information content (AvgIpc) is 1.95. The van der Waals surface area contributed by atoms with Gasteiger partial charge in [0.25, 0.3) is 0 Å². The predicted molar refractivity (Wildman–Crippen MR) is 89.9 cm³/mol. The lowest BCUT2D eigenvalue weighted by molar-refractivity contribution is 0.132. The summed E-state index contributed by atoms with van der Waals surface area (Å²) in [6, 6.07) is 0. The van der Waals surface area contributed by atoms with Crippen LogP contribution in [0.2, 0.25) is 52.4 Å². The molecule has 0 N–H and O–H groups in total. The highest BCUT2D eigenvalue weighted by Crippen LogP contribution is 2.31. The van der Waals surface area contributed by atoms with E-state index in [0.717, 1.165) is 0 Å². The first kappa shape index (κ1) is 18.6. The Kier molecular flexibility index (Phi) is 5.69. The molecule has 1 unspecified atom stereocenters. The van der Waals surface area contributed by atoms with Crippen LogP contribution in [-0.4, -0.2) is 35.7 Å². The Balaban J connectivity index is 4.91. The van der Waals surface area contributed by atoms with E-state index in [1.165, 1.54) is 0 Å². The minimum absolute atomic E-state index is 0.120. The first-order valence-corrected chi connectivity index (χ1v) is 16.9. The highest BCUT2D eigenvalue weighted by atomic mass is 28.4. The molecule has 5 heteroatoms. The molecule has 0 saturated heterocycles. The third kappa shape index (κ3) is 5.69. The molecule has 0 aromatic rings. The quantitative estimate of drug-likeness (QED) is 0.665. The fourth-order valence-corrected chi connectivity index (χ4v) is 8.55. The van der Waals surface area contributed by atoms with Crippen LogP contribution in [-0.2, 0) is 8.85 Å². The lowest BCUT2D eigenvalue weighted by Gasteiger charge is -2.46. The van der Waals surface area contributed by atoms with E-state index in [9.17, 15) is 0 Å². The maximum Gasteiger partial charge on any atom is 0.216 e. The summed E-state index contributed by atoms with van der Waals surface area (Å²) in [6.45, 7) is 25.1. The first-order valence-electron chi connectivity index (χ1n) is 6.96. The SMILES string of the molecule is CC(O[Si](C)(C)C(C)(C)O[Si](C)(C)C)[Si](C)(C)C. The Labute approximate surface area is 118 Å². The van der Waals surface area contributed by atoms with Crippen molar-refractivity contribution in [2.45, 2.75) is 84.1 Å². The summed E-state index contributed by atoms with van der Waals surface area (Å²) in [4.78, 5) is 0. The molecule has 0 amide bonds. The summed E-state index contributed by atoms with van der Waals surface area (Å²) < 4.78 is 12.9. The highest BCUT2D eigenvalue weighted by Gasteiger charge is 2.46. The maximum absolute atomic E-state index is 6.51. The molecule has 0 fully saturated rings. The van der Waals surface area contributed by atoms with Gasteiger partial charge in [0.2, 0.25) is 8.32 Å². The van der Waals surface area contributed by atoms with E-state index < -0.39 is 24.7 Å². The van der Waals surface area contributed by atoms with Gasteiger partial charge in [-0.05, 0) is 53.5 Å². The van der Waals surface area contributed by atoms with Gasteiger partial charge in [0, 0.05) is 5.73 Å². The van der Waals surface area contributed by atoms with Crippen LogP contribution < -0.4 is 0 Å². The van der Waals surface area contributed by atoms with Crippen molar-refractivity contribution in [3.8, 4) is 0 Å². The van der Waals surface area contributed by atoms with Crippen molar-refractivity contribution in [3.63, 3.8) is 0 Å². The normalized spacial score (nSPS) is 16.8. The minimum atomic E-state index is -1.87. The summed E-state index contributed by atoms with van der Waals surface area (Å²) in [5.74, 6) is 0. The Morgan fingerprint density at radius 2 is 1.22 bits per heavy atom. The molecule has 0 spiro atoms. The van der Waals surface area contributed by atoms with Crippen LogP contribution in [0.4, 0.5) is 0 Å². The van der Waals surface area contributed by atoms with Gasteiger partial charge in [-0.15, -0.1) is 0 Å². The zero-order chi connectivity index (χ0) is 15.0. The second-order valence-corrected chi connectivity index (χ2v) is 22.8. The van der Waals surface area contributed by atoms with Crippen LogP contribution >= 0.6 is 0 Å². The van der Waals surface area contributed by atoms with Gasteiger partial charge in [-0.1, -0.05) is 19.6 Å². The summed E-state index contributed by atoms with van der Waals surface area (Å²) in [5.41, 5.74) is 0.392. The highest BCUT2D eigenvalue weighted by molar-refractivity contribution is 6.80. The van der Waals surface area contributed by atoms with Crippen molar-refractivity contribution >= 4 is 24.7 Å². The zero-order valence-corrected chi connectivity index (χ0v) is 17.4. The van der Waals surface area contributed by atoms with E-state index in [4.69, 9.17) is 8.85 Å². The minimum Gasteiger partial charge on any atom is -0.415 e. The van der Waals surface area contributed by atoms with Crippen molar-refractivity contribution in [2.24, 2.45) is 0 Å². The van der Waals surface area contributed by atoms with Crippen LogP contribution in [0.1, 0.15) is 20.8 Å². The molecular weight excluding hydrogens is 272 g/mol. The molecule has 0 aliphatic rings. The van der Waals surface area contributed by atoms with Gasteiger partial charge in [-0.3, -0.25) is 0 Å². The van der Waals surface area contributed by atoms with Crippen molar-refractivity contribution in [2.75, 3.05) is 0 Å². The van der Waals surface area contributed by atoms with Crippen molar-refractivity contribution in [1.82, 2.24) is 0 Å². The summed E-state index contributed by atoms with van der Waals surface area (Å²) in [6.07, 6.45) is 0. The van der Waals surface area contributed by atoms with Crippen LogP contribution in [0.3, 0.4) is 0 Å². The van der Waals surface area contributed by atoms with Crippen LogP contribution in [0.5, 0.6) is 0 Å². The van der Waals surface area contributed by atoms with Gasteiger partial charge in [-0.2, -0.15) is 0 Å². The van der Waals surface area contributed by atoms with E-state index in [1.54, 1.807) is 0 Å². The average molecular weight is 307 g/mol. The van der Waals surface area contributed by atoms with Gasteiger partial charge in [-0.25, -0.2) is 0 Å². The topological polar surface area (TPSA) is 18.5 Å². The molecule has 0 saturated carbocycles. The maximum atomic E-state index is 6.51. The van der Waals surface area contributed by atoms with E-state index in [2.05, 4.69) is 73.1 Å². The van der Waals surface area contributed by atoms with E-state index in [1.807, 2.05) is 0 Å². The molecule has 0 heterocycles. The van der Waals surface area contributed by atoms with Crippen molar-refractivity contribution < 1.29 is 8.85 Å². The van der Waals surface area contributed by atoms with E-state index in [-0.39, 0.29) is 5.22 Å². The third-order valence-electron chi connectivity index (χ3n) is 3.70. The third-order valence-corrected chi connectivity index (χ3v) is 11.8. The van der Waals surface area contributed by atoms with Crippen molar-refractivity contribution in [3.05, 3.63) is 0 Å². The Morgan fingerprint density at radius 3 is 1.50 bits per heavy atom. The van der Waals surface area contributed by atoms with Gasteiger partial charge in [0.1, 0.15) is 0 Å². The van der Waals surface area contributed by atoms with E-state index >= 15 is 0 Å². The summed E-state index contributed by atoms with van der Waals surface area (Å²) >= 11 is 0. The molecule has 0 aromatic carbocycles. The second-order valence-electron chi connectivity index (χ2n) is 8.36.